The molecule has 0 amide bonds. The van der Waals surface area contributed by atoms with E-state index in [-0.39, 0.29) is 63.5 Å². The fraction of sp³-hybridized carbons (Fsp3) is 0. The Kier molecular flexibility index (Phi) is 180. The van der Waals surface area contributed by atoms with E-state index < -0.39 is 0 Å². The molecule has 0 aromatic heterocycles. The largest absolute Gasteiger partial charge is 0 e. The van der Waals surface area contributed by atoms with Crippen molar-refractivity contribution >= 4 is 39.3 Å². The zero-order valence-electron chi connectivity index (χ0n) is 4.55. The summed E-state index contributed by atoms with van der Waals surface area (Å²) in [5.41, 5.74) is 0. The van der Waals surface area contributed by atoms with Gasteiger partial charge < -0.3 is 2.85 Å². The Morgan fingerprint density at radius 1 is 1.40 bits per heavy atom. The monoisotopic (exact) mass is 312 g/mol. The van der Waals surface area contributed by atoms with E-state index in [2.05, 4.69) is 0 Å². The van der Waals surface area contributed by atoms with Crippen LogP contribution >= 0.6 is 0 Å². The molecule has 0 saturated heterocycles. The molecule has 0 heterocycles. The molecule has 0 N–H and O–H groups in total. The zero-order valence-corrected chi connectivity index (χ0v) is 9.30. The molecule has 0 spiro atoms. The van der Waals surface area contributed by atoms with Crippen LogP contribution in [-0.4, -0.2) is 39.3 Å². The molecule has 5 heavy (non-hydrogen) atoms. The molecule has 0 aromatic carbocycles. The van der Waals surface area contributed by atoms with Crippen molar-refractivity contribution in [2.45, 2.75) is 0 Å². The molecule has 0 aliphatic heterocycles. The summed E-state index contributed by atoms with van der Waals surface area (Å²) in [5, 5.41) is 0. The van der Waals surface area contributed by atoms with Gasteiger partial charge in [0.15, 0.2) is 0 Å². The first-order valence-electron chi connectivity index (χ1n) is 0.289. The third-order valence-electron chi connectivity index (χ3n) is 0. The maximum atomic E-state index is 8.28. The molecule has 0 atom stereocenters. The number of rotatable bonds is 0. The van der Waals surface area contributed by atoms with E-state index >= 15 is 0 Å². The van der Waals surface area contributed by atoms with Crippen molar-refractivity contribution in [2.75, 3.05) is 0 Å². The SMILES string of the molecule is [H-].[H-].[Mg+2].[Ni].[O]=[AlH].[W]. The van der Waals surface area contributed by atoms with Crippen LogP contribution in [0.2, 0.25) is 0 Å². The molecule has 30 valence electrons. The van der Waals surface area contributed by atoms with E-state index in [0.717, 1.165) is 0 Å². The van der Waals surface area contributed by atoms with Crippen molar-refractivity contribution in [2.24, 2.45) is 0 Å². The summed E-state index contributed by atoms with van der Waals surface area (Å²) in [6.45, 7) is 0. The minimum atomic E-state index is 0. The van der Waals surface area contributed by atoms with Crippen LogP contribution in [0.4, 0.5) is 0 Å². The minimum Gasteiger partial charge on any atom is 0 e. The van der Waals surface area contributed by atoms with Crippen LogP contribution in [0.25, 0.3) is 0 Å². The fourth-order valence-corrected chi connectivity index (χ4v) is 0. The van der Waals surface area contributed by atoms with Crippen LogP contribution in [0.15, 0.2) is 0 Å². The van der Waals surface area contributed by atoms with Gasteiger partial charge in [0.1, 0.15) is 0 Å². The molecule has 5 heteroatoms. The Morgan fingerprint density at radius 2 is 1.40 bits per heavy atom. The van der Waals surface area contributed by atoms with Crippen LogP contribution in [0.1, 0.15) is 2.85 Å². The molecular formula is H3AlMgNiOW. The predicted octanol–water partition coefficient (Wildman–Crippen LogP) is -0.928. The predicted molar refractivity (Wildman–Crippen MR) is 15.8 cm³/mol. The zero-order chi connectivity index (χ0) is 2.00. The van der Waals surface area contributed by atoms with Crippen molar-refractivity contribution in [3.8, 4) is 0 Å². The molecule has 0 fully saturated rings. The molecule has 0 bridgehead atoms. The molecular weight excluding hydrogens is 310 g/mol. The summed E-state index contributed by atoms with van der Waals surface area (Å²) in [6, 6.07) is 0. The summed E-state index contributed by atoms with van der Waals surface area (Å²) in [4.78, 5) is 0. The molecule has 0 radical (unpaired) electrons. The Bertz CT molecular complexity index is 17.7. The fourth-order valence-electron chi connectivity index (χ4n) is 0. The topological polar surface area (TPSA) is 17.1 Å². The Labute approximate surface area is 82.6 Å². The molecule has 0 aliphatic carbocycles. The second kappa shape index (κ2) is 33.7. The average Bonchev–Trinajstić information content (AvgIpc) is 1.00. The average molecular weight is 313 g/mol. The Hall–Kier alpha value is 2.28. The van der Waals surface area contributed by atoms with Gasteiger partial charge in [0.2, 0.25) is 0 Å². The van der Waals surface area contributed by atoms with Gasteiger partial charge >= 0.3 is 43.1 Å². The van der Waals surface area contributed by atoms with Crippen LogP contribution < -0.4 is 0 Å². The van der Waals surface area contributed by atoms with Crippen LogP contribution in [0.5, 0.6) is 0 Å². The molecule has 0 rings (SSSR count). The number of hydrogen-bond acceptors (Lipinski definition) is 1. The van der Waals surface area contributed by atoms with Gasteiger partial charge in [-0.25, -0.2) is 0 Å². The van der Waals surface area contributed by atoms with Crippen molar-refractivity contribution in [3.05, 3.63) is 0 Å². The van der Waals surface area contributed by atoms with E-state index in [0.29, 0.717) is 16.2 Å². The van der Waals surface area contributed by atoms with Crippen LogP contribution in [0, 0.1) is 0 Å². The van der Waals surface area contributed by atoms with E-state index in [1.54, 1.807) is 0 Å². The van der Waals surface area contributed by atoms with Gasteiger partial charge in [-0.3, -0.25) is 0 Å². The van der Waals surface area contributed by atoms with Gasteiger partial charge in [0, 0.05) is 37.6 Å². The third kappa shape index (κ3) is 22.1. The third-order valence-corrected chi connectivity index (χ3v) is 0. The molecule has 0 aliphatic rings. The molecule has 0 saturated carbocycles. The molecule has 0 aromatic rings. The summed E-state index contributed by atoms with van der Waals surface area (Å²) < 4.78 is 8.28. The van der Waals surface area contributed by atoms with E-state index in [4.69, 9.17) is 3.80 Å². The maximum Gasteiger partial charge on any atom is 0 e. The minimum absolute atomic E-state index is 0. The van der Waals surface area contributed by atoms with Crippen molar-refractivity contribution in [3.63, 3.8) is 0 Å². The van der Waals surface area contributed by atoms with Gasteiger partial charge in [-0.05, 0) is 0 Å². The van der Waals surface area contributed by atoms with Gasteiger partial charge in [-0.15, -0.1) is 0 Å². The Morgan fingerprint density at radius 3 is 1.40 bits per heavy atom. The maximum absolute atomic E-state index is 8.28. The first-order chi connectivity index (χ1) is 1.00. The van der Waals surface area contributed by atoms with Gasteiger partial charge in [0.05, 0.1) is 0 Å². The normalized spacial score (nSPS) is 0.600. The van der Waals surface area contributed by atoms with Crippen molar-refractivity contribution < 1.29 is 44.2 Å². The quantitative estimate of drug-likeness (QED) is 0.528. The second-order valence-electron chi connectivity index (χ2n) is 0. The first-order valence-corrected chi connectivity index (χ1v) is 0.866. The second-order valence-corrected chi connectivity index (χ2v) is 0. The van der Waals surface area contributed by atoms with E-state index in [1.165, 1.54) is 0 Å². The molecule has 1 nitrogen and oxygen atoms in total. The van der Waals surface area contributed by atoms with E-state index in [1.807, 2.05) is 0 Å². The smallest absolute Gasteiger partial charge is 0 e. The van der Waals surface area contributed by atoms with Gasteiger partial charge in [0.25, 0.3) is 0 Å². The molecule has 0 unspecified atom stereocenters. The van der Waals surface area contributed by atoms with Gasteiger partial charge in [-0.1, -0.05) is 0 Å². The summed E-state index contributed by atoms with van der Waals surface area (Å²) in [5.74, 6) is 0. The van der Waals surface area contributed by atoms with Crippen LogP contribution in [0.3, 0.4) is 0 Å². The summed E-state index contributed by atoms with van der Waals surface area (Å²) in [6.07, 6.45) is 0. The Balaban J connectivity index is -0.000000000500. The van der Waals surface area contributed by atoms with E-state index in [9.17, 15) is 0 Å². The standard InChI is InChI=1S/Al.Mg.Ni.O.W.3H/q;+2;;;;;2*-1. The van der Waals surface area contributed by atoms with Crippen molar-refractivity contribution in [1.82, 2.24) is 0 Å². The summed E-state index contributed by atoms with van der Waals surface area (Å²) in [7, 11) is 0. The first kappa shape index (κ1) is 26.7. The van der Waals surface area contributed by atoms with Crippen molar-refractivity contribution in [1.29, 1.82) is 0 Å². The summed E-state index contributed by atoms with van der Waals surface area (Å²) >= 11 is 0.611. The van der Waals surface area contributed by atoms with Crippen LogP contribution in [-0.2, 0) is 41.4 Å². The van der Waals surface area contributed by atoms with Gasteiger partial charge in [-0.2, -0.15) is 0 Å². The number of hydrogen-bond donors (Lipinski definition) is 0.